The van der Waals surface area contributed by atoms with Gasteiger partial charge in [-0.3, -0.25) is 4.79 Å². The molecule has 0 aliphatic carbocycles. The topological polar surface area (TPSA) is 32.9 Å². The van der Waals surface area contributed by atoms with Gasteiger partial charge in [0.1, 0.15) is 0 Å². The molecule has 0 spiro atoms. The molecular weight excluding hydrogens is 198 g/mol. The van der Waals surface area contributed by atoms with Crippen molar-refractivity contribution in [1.29, 1.82) is 0 Å². The Bertz CT molecular complexity index is 566. The molecule has 0 fully saturated rings. The standard InChI is InChI=1S/C14H17NO/c1-4-14(2,3)10-5-6-12-11(9-10)13(16)7-8-15-12/h5-9H,4H2,1-3H3,(H,15,16). The summed E-state index contributed by atoms with van der Waals surface area (Å²) in [6, 6.07) is 7.67. The average molecular weight is 215 g/mol. The van der Waals surface area contributed by atoms with E-state index in [-0.39, 0.29) is 10.8 Å². The Hall–Kier alpha value is -1.57. The van der Waals surface area contributed by atoms with Gasteiger partial charge in [-0.05, 0) is 29.5 Å². The molecule has 0 saturated heterocycles. The molecule has 0 amide bonds. The van der Waals surface area contributed by atoms with E-state index in [4.69, 9.17) is 0 Å². The van der Waals surface area contributed by atoms with Crippen LogP contribution in [0.25, 0.3) is 10.9 Å². The fourth-order valence-corrected chi connectivity index (χ4v) is 1.80. The molecule has 84 valence electrons. The number of rotatable bonds is 2. The van der Waals surface area contributed by atoms with Gasteiger partial charge in [0.15, 0.2) is 5.43 Å². The van der Waals surface area contributed by atoms with Gasteiger partial charge in [-0.25, -0.2) is 0 Å². The maximum Gasteiger partial charge on any atom is 0.189 e. The first-order valence-electron chi connectivity index (χ1n) is 5.66. The number of aromatic nitrogens is 1. The molecule has 0 saturated carbocycles. The first-order chi connectivity index (χ1) is 7.54. The minimum absolute atomic E-state index is 0.0857. The lowest BCUT2D eigenvalue weighted by Gasteiger charge is -2.23. The SMILES string of the molecule is CCC(C)(C)c1ccc2[nH]ccc(=O)c2c1. The quantitative estimate of drug-likeness (QED) is 0.819. The first-order valence-corrected chi connectivity index (χ1v) is 5.66. The van der Waals surface area contributed by atoms with Gasteiger partial charge in [0, 0.05) is 23.2 Å². The largest absolute Gasteiger partial charge is 0.361 e. The zero-order valence-corrected chi connectivity index (χ0v) is 10.0. The van der Waals surface area contributed by atoms with Crippen LogP contribution in [0.3, 0.4) is 0 Å². The Balaban J connectivity index is 2.69. The van der Waals surface area contributed by atoms with E-state index in [2.05, 4.69) is 31.8 Å². The molecule has 2 rings (SSSR count). The van der Waals surface area contributed by atoms with E-state index in [9.17, 15) is 4.79 Å². The van der Waals surface area contributed by atoms with Crippen molar-refractivity contribution in [2.24, 2.45) is 0 Å². The maximum absolute atomic E-state index is 11.7. The highest BCUT2D eigenvalue weighted by Gasteiger charge is 2.18. The molecule has 2 aromatic rings. The van der Waals surface area contributed by atoms with E-state index in [1.54, 1.807) is 12.3 Å². The van der Waals surface area contributed by atoms with E-state index in [0.29, 0.717) is 0 Å². The molecule has 2 nitrogen and oxygen atoms in total. The van der Waals surface area contributed by atoms with Gasteiger partial charge in [0.25, 0.3) is 0 Å². The highest BCUT2D eigenvalue weighted by atomic mass is 16.1. The summed E-state index contributed by atoms with van der Waals surface area (Å²) in [6.07, 6.45) is 2.75. The van der Waals surface area contributed by atoms with Gasteiger partial charge in [-0.1, -0.05) is 26.8 Å². The van der Waals surface area contributed by atoms with Crippen molar-refractivity contribution < 1.29 is 0 Å². The number of benzene rings is 1. The number of pyridine rings is 1. The predicted octanol–water partition coefficient (Wildman–Crippen LogP) is 3.22. The molecule has 1 N–H and O–H groups in total. The fourth-order valence-electron chi connectivity index (χ4n) is 1.80. The minimum Gasteiger partial charge on any atom is -0.361 e. The van der Waals surface area contributed by atoms with Crippen LogP contribution in [-0.4, -0.2) is 4.98 Å². The molecule has 2 heteroatoms. The third kappa shape index (κ3) is 1.75. The number of hydrogen-bond donors (Lipinski definition) is 1. The normalized spacial score (nSPS) is 11.9. The molecule has 16 heavy (non-hydrogen) atoms. The van der Waals surface area contributed by atoms with Gasteiger partial charge in [-0.2, -0.15) is 0 Å². The summed E-state index contributed by atoms with van der Waals surface area (Å²) in [5.74, 6) is 0. The highest BCUT2D eigenvalue weighted by molar-refractivity contribution is 5.79. The van der Waals surface area contributed by atoms with Crippen molar-refractivity contribution >= 4 is 10.9 Å². The summed E-state index contributed by atoms with van der Waals surface area (Å²) in [5, 5.41) is 0.779. The number of hydrogen-bond acceptors (Lipinski definition) is 1. The van der Waals surface area contributed by atoms with Crippen LogP contribution < -0.4 is 5.43 Å². The number of nitrogens with one attached hydrogen (secondary N) is 1. The van der Waals surface area contributed by atoms with Gasteiger partial charge in [0.05, 0.1) is 0 Å². The summed E-state index contributed by atoms with van der Waals surface area (Å²) in [4.78, 5) is 14.8. The molecule has 1 heterocycles. The van der Waals surface area contributed by atoms with Crippen molar-refractivity contribution in [3.8, 4) is 0 Å². The van der Waals surface area contributed by atoms with E-state index in [1.807, 2.05) is 12.1 Å². The van der Waals surface area contributed by atoms with Crippen molar-refractivity contribution in [3.05, 3.63) is 46.2 Å². The first kappa shape index (κ1) is 10.9. The second-order valence-corrected chi connectivity index (χ2v) is 4.84. The smallest absolute Gasteiger partial charge is 0.189 e. The van der Waals surface area contributed by atoms with Gasteiger partial charge in [0.2, 0.25) is 0 Å². The molecule has 1 aromatic heterocycles. The monoisotopic (exact) mass is 215 g/mol. The van der Waals surface area contributed by atoms with E-state index < -0.39 is 0 Å². The Labute approximate surface area is 95.3 Å². The Morgan fingerprint density at radius 2 is 2.00 bits per heavy atom. The van der Waals surface area contributed by atoms with E-state index in [1.165, 1.54) is 5.56 Å². The minimum atomic E-state index is 0.0857. The molecular formula is C14H17NO. The van der Waals surface area contributed by atoms with Crippen LogP contribution >= 0.6 is 0 Å². The third-order valence-electron chi connectivity index (χ3n) is 3.42. The van der Waals surface area contributed by atoms with Gasteiger partial charge < -0.3 is 4.98 Å². The lowest BCUT2D eigenvalue weighted by atomic mass is 9.82. The predicted molar refractivity (Wildman–Crippen MR) is 67.9 cm³/mol. The molecule has 0 aliphatic heterocycles. The van der Waals surface area contributed by atoms with Gasteiger partial charge in [-0.15, -0.1) is 0 Å². The highest BCUT2D eigenvalue weighted by Crippen LogP contribution is 2.27. The number of H-pyrrole nitrogens is 1. The summed E-state index contributed by atoms with van der Waals surface area (Å²) >= 11 is 0. The fraction of sp³-hybridized carbons (Fsp3) is 0.357. The van der Waals surface area contributed by atoms with Crippen molar-refractivity contribution in [2.75, 3.05) is 0 Å². The molecule has 0 unspecified atom stereocenters. The molecule has 0 bridgehead atoms. The van der Waals surface area contributed by atoms with Crippen LogP contribution in [-0.2, 0) is 5.41 Å². The lowest BCUT2D eigenvalue weighted by Crippen LogP contribution is -2.16. The summed E-state index contributed by atoms with van der Waals surface area (Å²) in [7, 11) is 0. The Morgan fingerprint density at radius 3 is 2.69 bits per heavy atom. The number of fused-ring (bicyclic) bond motifs is 1. The summed E-state index contributed by atoms with van der Waals surface area (Å²) in [6.45, 7) is 6.57. The average Bonchev–Trinajstić information content (AvgIpc) is 2.29. The molecule has 0 radical (unpaired) electrons. The second kappa shape index (κ2) is 3.78. The van der Waals surface area contributed by atoms with Crippen LogP contribution in [0.5, 0.6) is 0 Å². The van der Waals surface area contributed by atoms with Crippen molar-refractivity contribution in [1.82, 2.24) is 4.98 Å². The zero-order valence-electron chi connectivity index (χ0n) is 10.0. The molecule has 0 atom stereocenters. The molecule has 0 aliphatic rings. The summed E-state index contributed by atoms with van der Waals surface area (Å²) < 4.78 is 0. The van der Waals surface area contributed by atoms with Crippen LogP contribution in [0.4, 0.5) is 0 Å². The van der Waals surface area contributed by atoms with Crippen molar-refractivity contribution in [3.63, 3.8) is 0 Å². The van der Waals surface area contributed by atoms with Gasteiger partial charge >= 0.3 is 0 Å². The Kier molecular flexibility index (Phi) is 2.58. The van der Waals surface area contributed by atoms with E-state index >= 15 is 0 Å². The van der Waals surface area contributed by atoms with Crippen molar-refractivity contribution in [2.45, 2.75) is 32.6 Å². The third-order valence-corrected chi connectivity index (χ3v) is 3.42. The van der Waals surface area contributed by atoms with Crippen LogP contribution in [0.2, 0.25) is 0 Å². The van der Waals surface area contributed by atoms with E-state index in [0.717, 1.165) is 17.3 Å². The van der Waals surface area contributed by atoms with Crippen LogP contribution in [0, 0.1) is 0 Å². The van der Waals surface area contributed by atoms with Crippen LogP contribution in [0.15, 0.2) is 35.3 Å². The second-order valence-electron chi connectivity index (χ2n) is 4.84. The lowest BCUT2D eigenvalue weighted by molar-refractivity contribution is 0.507. The number of aromatic amines is 1. The van der Waals surface area contributed by atoms with Crippen LogP contribution in [0.1, 0.15) is 32.8 Å². The zero-order chi connectivity index (χ0) is 11.8. The summed E-state index contributed by atoms with van der Waals surface area (Å²) in [5.41, 5.74) is 2.33. The molecule has 1 aromatic carbocycles. The maximum atomic E-state index is 11.7. The Morgan fingerprint density at radius 1 is 1.25 bits per heavy atom.